The van der Waals surface area contributed by atoms with Gasteiger partial charge in [0.2, 0.25) is 0 Å². The minimum atomic E-state index is -0.745. The number of epoxide rings is 1. The molecule has 0 bridgehead atoms. The van der Waals surface area contributed by atoms with E-state index in [2.05, 4.69) is 55.5 Å². The van der Waals surface area contributed by atoms with Gasteiger partial charge >= 0.3 is 0 Å². The fraction of sp³-hybridized carbons (Fsp3) is 0.471. The summed E-state index contributed by atoms with van der Waals surface area (Å²) < 4.78 is 34.3. The summed E-state index contributed by atoms with van der Waals surface area (Å²) in [6, 6.07) is 19.7. The van der Waals surface area contributed by atoms with Gasteiger partial charge in [0.05, 0.1) is 6.61 Å². The first-order chi connectivity index (χ1) is 18.0. The Bertz CT molecular complexity index is 1170. The van der Waals surface area contributed by atoms with E-state index in [-0.39, 0.29) is 6.10 Å². The molecule has 2 aliphatic rings. The van der Waals surface area contributed by atoms with Gasteiger partial charge in [-0.1, -0.05) is 68.3 Å². The van der Waals surface area contributed by atoms with E-state index in [4.69, 9.17) is 4.74 Å². The minimum absolute atomic E-state index is 0.275. The molecule has 0 amide bonds. The predicted molar refractivity (Wildman–Crippen MR) is 147 cm³/mol. The zero-order valence-electron chi connectivity index (χ0n) is 22.4. The molecule has 0 N–H and O–H groups in total. The normalized spacial score (nSPS) is 21.2. The molecule has 37 heavy (non-hydrogen) atoms. The second-order valence-electron chi connectivity index (χ2n) is 11.3. The van der Waals surface area contributed by atoms with Crippen molar-refractivity contribution in [3.63, 3.8) is 0 Å². The van der Waals surface area contributed by atoms with Crippen molar-refractivity contribution in [1.82, 2.24) is 0 Å². The van der Waals surface area contributed by atoms with Crippen LogP contribution in [0.15, 0.2) is 54.6 Å². The molecule has 2 fully saturated rings. The number of ether oxygens (including phenoxy) is 1. The summed E-state index contributed by atoms with van der Waals surface area (Å²) in [7, 11) is 0. The van der Waals surface area contributed by atoms with Crippen molar-refractivity contribution in [3.8, 4) is 0 Å². The summed E-state index contributed by atoms with van der Waals surface area (Å²) in [4.78, 5) is 0. The fourth-order valence-electron chi connectivity index (χ4n) is 6.16. The highest BCUT2D eigenvalue weighted by molar-refractivity contribution is 5.37. The molecule has 0 radical (unpaired) electrons. The average molecular weight is 503 g/mol. The van der Waals surface area contributed by atoms with Crippen molar-refractivity contribution in [1.29, 1.82) is 0 Å². The van der Waals surface area contributed by atoms with Crippen LogP contribution in [0.5, 0.6) is 0 Å². The van der Waals surface area contributed by atoms with Gasteiger partial charge in [-0.25, -0.2) is 8.78 Å². The lowest BCUT2D eigenvalue weighted by Crippen LogP contribution is -2.13. The number of halogens is 2. The molecule has 1 atom stereocenters. The Balaban J connectivity index is 1.11. The molecule has 1 saturated carbocycles. The van der Waals surface area contributed by atoms with E-state index >= 15 is 0 Å². The third-order valence-electron chi connectivity index (χ3n) is 8.62. The highest BCUT2D eigenvalue weighted by Crippen LogP contribution is 2.38. The van der Waals surface area contributed by atoms with E-state index in [9.17, 15) is 8.78 Å². The van der Waals surface area contributed by atoms with Gasteiger partial charge in [0, 0.05) is 5.56 Å². The molecule has 1 nitrogen and oxygen atoms in total. The zero-order valence-corrected chi connectivity index (χ0v) is 22.4. The van der Waals surface area contributed by atoms with Gasteiger partial charge in [0.25, 0.3) is 0 Å². The highest BCUT2D eigenvalue weighted by Gasteiger charge is 2.31. The number of benzene rings is 3. The van der Waals surface area contributed by atoms with Gasteiger partial charge in [-0.2, -0.15) is 0 Å². The summed E-state index contributed by atoms with van der Waals surface area (Å²) in [6.45, 7) is 4.64. The third-order valence-corrected chi connectivity index (χ3v) is 8.62. The van der Waals surface area contributed by atoms with E-state index in [1.807, 2.05) is 6.92 Å². The maximum absolute atomic E-state index is 14.7. The molecule has 5 rings (SSSR count). The third kappa shape index (κ3) is 6.49. The van der Waals surface area contributed by atoms with E-state index in [1.165, 1.54) is 55.2 Å². The Morgan fingerprint density at radius 2 is 1.30 bits per heavy atom. The maximum atomic E-state index is 14.7. The lowest BCUT2D eigenvalue weighted by molar-refractivity contribution is 0.308. The monoisotopic (exact) mass is 502 g/mol. The number of hydrogen-bond donors (Lipinski definition) is 0. The standard InChI is InChI=1S/C34H40F2O/c1-3-4-24-11-16-28(17-12-24)29-18-13-27(14-19-29)10-7-25-5-8-26(9-6-25)15-20-30-23(2)21-31(32-22-37-32)34(36)33(30)35/h5-6,8-9,13-14,18-19,21,24,28,32H,3-4,7,10-12,15-17,20,22H2,1-2H3. The molecular weight excluding hydrogens is 462 g/mol. The Kier molecular flexibility index (Phi) is 8.39. The van der Waals surface area contributed by atoms with E-state index in [0.717, 1.165) is 35.8 Å². The summed E-state index contributed by atoms with van der Waals surface area (Å²) in [6.07, 6.45) is 11.1. The van der Waals surface area contributed by atoms with Crippen molar-refractivity contribution in [3.05, 3.63) is 105 Å². The van der Waals surface area contributed by atoms with Crippen LogP contribution in [0, 0.1) is 24.5 Å². The largest absolute Gasteiger partial charge is 0.368 e. The Morgan fingerprint density at radius 1 is 0.757 bits per heavy atom. The van der Waals surface area contributed by atoms with Crippen LogP contribution >= 0.6 is 0 Å². The topological polar surface area (TPSA) is 12.5 Å². The lowest BCUT2D eigenvalue weighted by Gasteiger charge is -2.28. The maximum Gasteiger partial charge on any atom is 0.165 e. The first-order valence-electron chi connectivity index (χ1n) is 14.3. The Morgan fingerprint density at radius 3 is 1.84 bits per heavy atom. The number of hydrogen-bond acceptors (Lipinski definition) is 1. The van der Waals surface area contributed by atoms with Gasteiger partial charge in [0.1, 0.15) is 6.10 Å². The van der Waals surface area contributed by atoms with Crippen molar-refractivity contribution in [2.75, 3.05) is 6.61 Å². The number of aryl methyl sites for hydroxylation is 4. The van der Waals surface area contributed by atoms with E-state index in [0.29, 0.717) is 30.6 Å². The summed E-state index contributed by atoms with van der Waals surface area (Å²) >= 11 is 0. The molecule has 196 valence electrons. The molecule has 3 aromatic carbocycles. The van der Waals surface area contributed by atoms with Crippen molar-refractivity contribution in [2.45, 2.75) is 90.1 Å². The molecule has 1 aliphatic carbocycles. The first-order valence-corrected chi connectivity index (χ1v) is 14.3. The van der Waals surface area contributed by atoms with Gasteiger partial charge in [-0.3, -0.25) is 0 Å². The second-order valence-corrected chi connectivity index (χ2v) is 11.3. The fourth-order valence-corrected chi connectivity index (χ4v) is 6.16. The predicted octanol–water partition coefficient (Wildman–Crippen LogP) is 8.99. The smallest absolute Gasteiger partial charge is 0.165 e. The quantitative estimate of drug-likeness (QED) is 0.252. The zero-order chi connectivity index (χ0) is 25.8. The van der Waals surface area contributed by atoms with Crippen LogP contribution in [0.25, 0.3) is 0 Å². The van der Waals surface area contributed by atoms with Crippen molar-refractivity contribution >= 4 is 0 Å². The molecular formula is C34H40F2O. The van der Waals surface area contributed by atoms with Crippen LogP contribution in [0.3, 0.4) is 0 Å². The van der Waals surface area contributed by atoms with Crippen LogP contribution in [0.1, 0.15) is 96.4 Å². The first kappa shape index (κ1) is 26.1. The molecule has 1 unspecified atom stereocenters. The van der Waals surface area contributed by atoms with Gasteiger partial charge in [-0.15, -0.1) is 0 Å². The summed E-state index contributed by atoms with van der Waals surface area (Å²) in [5, 5.41) is 0. The Hall–Kier alpha value is -2.52. The lowest BCUT2D eigenvalue weighted by atomic mass is 9.77. The van der Waals surface area contributed by atoms with Gasteiger partial charge < -0.3 is 4.74 Å². The summed E-state index contributed by atoms with van der Waals surface area (Å²) in [5.74, 6) is 0.242. The summed E-state index contributed by atoms with van der Waals surface area (Å²) in [5.41, 5.74) is 7.00. The SMILES string of the molecule is CCCC1CCC(c2ccc(CCc3ccc(CCc4c(C)cc(C5CO5)c(F)c4F)cc3)cc2)CC1. The molecule has 1 heterocycles. The average Bonchev–Trinajstić information content (AvgIpc) is 3.77. The van der Waals surface area contributed by atoms with Gasteiger partial charge in [-0.05, 0) is 110 Å². The molecule has 0 aromatic heterocycles. The minimum Gasteiger partial charge on any atom is -0.368 e. The van der Waals surface area contributed by atoms with Crippen LogP contribution in [0.4, 0.5) is 8.78 Å². The highest BCUT2D eigenvalue weighted by atomic mass is 19.2. The van der Waals surface area contributed by atoms with E-state index in [1.54, 1.807) is 6.07 Å². The molecule has 1 aliphatic heterocycles. The molecule has 3 heteroatoms. The van der Waals surface area contributed by atoms with Crippen LogP contribution < -0.4 is 0 Å². The molecule has 0 spiro atoms. The van der Waals surface area contributed by atoms with E-state index < -0.39 is 11.6 Å². The van der Waals surface area contributed by atoms with Crippen LogP contribution in [0.2, 0.25) is 0 Å². The molecule has 1 saturated heterocycles. The molecule has 3 aromatic rings. The van der Waals surface area contributed by atoms with Crippen LogP contribution in [-0.4, -0.2) is 6.61 Å². The van der Waals surface area contributed by atoms with Crippen LogP contribution in [-0.2, 0) is 30.4 Å². The Labute approximate surface area is 221 Å². The second kappa shape index (κ2) is 11.9. The van der Waals surface area contributed by atoms with Gasteiger partial charge in [0.15, 0.2) is 11.6 Å². The van der Waals surface area contributed by atoms with Crippen molar-refractivity contribution < 1.29 is 13.5 Å². The number of rotatable bonds is 10. The van der Waals surface area contributed by atoms with Crippen molar-refractivity contribution in [2.24, 2.45) is 5.92 Å².